The lowest BCUT2D eigenvalue weighted by molar-refractivity contribution is -0.384. The normalized spacial score (nSPS) is 12.5. The van der Waals surface area contributed by atoms with Gasteiger partial charge in [-0.05, 0) is 18.6 Å². The minimum Gasteiger partial charge on any atom is -0.389 e. The largest absolute Gasteiger partial charge is 0.389 e. The third-order valence-corrected chi connectivity index (χ3v) is 2.33. The Morgan fingerprint density at radius 2 is 2.23 bits per heavy atom. The maximum atomic E-state index is 10.4. The zero-order valence-corrected chi connectivity index (χ0v) is 8.48. The Kier molecular flexibility index (Phi) is 3.00. The van der Waals surface area contributed by atoms with Crippen LogP contribution in [0.4, 0.5) is 5.69 Å². The molecule has 1 aromatic carbocycles. The standard InChI is InChI=1S/C8H8BrNO3/c1-5(11)7-3-2-6(10(12)13)4-8(7)9/h2-5,11H,1H3/t5-/m1/s1. The molecule has 70 valence electrons. The second-order valence-electron chi connectivity index (χ2n) is 2.64. The highest BCUT2D eigenvalue weighted by atomic mass is 79.9. The Labute approximate surface area is 83.5 Å². The van der Waals surface area contributed by atoms with Crippen molar-refractivity contribution in [2.45, 2.75) is 13.0 Å². The zero-order valence-electron chi connectivity index (χ0n) is 6.90. The predicted molar refractivity (Wildman–Crippen MR) is 51.4 cm³/mol. The Bertz CT molecular complexity index is 338. The number of non-ortho nitro benzene ring substituents is 1. The molecule has 0 spiro atoms. The summed E-state index contributed by atoms with van der Waals surface area (Å²) in [6, 6.07) is 4.28. The van der Waals surface area contributed by atoms with Gasteiger partial charge in [-0.2, -0.15) is 0 Å². The van der Waals surface area contributed by atoms with Gasteiger partial charge < -0.3 is 5.11 Å². The Morgan fingerprint density at radius 3 is 2.62 bits per heavy atom. The van der Waals surface area contributed by atoms with Crippen molar-refractivity contribution in [3.63, 3.8) is 0 Å². The molecule has 1 rings (SSSR count). The van der Waals surface area contributed by atoms with Crippen molar-refractivity contribution in [2.75, 3.05) is 0 Å². The highest BCUT2D eigenvalue weighted by molar-refractivity contribution is 9.10. The van der Waals surface area contributed by atoms with Gasteiger partial charge in [-0.25, -0.2) is 0 Å². The van der Waals surface area contributed by atoms with Gasteiger partial charge in [0.1, 0.15) is 0 Å². The van der Waals surface area contributed by atoms with Crippen LogP contribution in [0.25, 0.3) is 0 Å². The average molecular weight is 246 g/mol. The van der Waals surface area contributed by atoms with E-state index in [4.69, 9.17) is 0 Å². The van der Waals surface area contributed by atoms with Gasteiger partial charge in [-0.15, -0.1) is 0 Å². The monoisotopic (exact) mass is 245 g/mol. The zero-order chi connectivity index (χ0) is 10.0. The summed E-state index contributed by atoms with van der Waals surface area (Å²) >= 11 is 3.15. The van der Waals surface area contributed by atoms with Crippen LogP contribution in [0, 0.1) is 10.1 Å². The molecule has 1 aromatic rings. The predicted octanol–water partition coefficient (Wildman–Crippen LogP) is 2.41. The molecule has 0 unspecified atom stereocenters. The van der Waals surface area contributed by atoms with E-state index in [2.05, 4.69) is 15.9 Å². The number of aliphatic hydroxyl groups excluding tert-OH is 1. The molecule has 0 radical (unpaired) electrons. The van der Waals surface area contributed by atoms with E-state index in [-0.39, 0.29) is 5.69 Å². The maximum absolute atomic E-state index is 10.4. The molecule has 1 atom stereocenters. The first-order chi connectivity index (χ1) is 6.02. The molecular formula is C8H8BrNO3. The second kappa shape index (κ2) is 3.85. The number of aliphatic hydroxyl groups is 1. The molecule has 0 saturated carbocycles. The van der Waals surface area contributed by atoms with Crippen molar-refractivity contribution in [1.29, 1.82) is 0 Å². The first-order valence-electron chi connectivity index (χ1n) is 3.64. The number of nitro benzene ring substituents is 1. The summed E-state index contributed by atoms with van der Waals surface area (Å²) in [6.45, 7) is 1.60. The molecule has 0 heterocycles. The molecule has 4 nitrogen and oxygen atoms in total. The maximum Gasteiger partial charge on any atom is 0.270 e. The molecule has 0 fully saturated rings. The molecule has 0 aliphatic rings. The van der Waals surface area contributed by atoms with Gasteiger partial charge in [0.25, 0.3) is 5.69 Å². The van der Waals surface area contributed by atoms with Crippen molar-refractivity contribution < 1.29 is 10.0 Å². The van der Waals surface area contributed by atoms with Gasteiger partial charge in [0.2, 0.25) is 0 Å². The molecule has 1 N–H and O–H groups in total. The molecule has 5 heteroatoms. The molecule has 0 bridgehead atoms. The van der Waals surface area contributed by atoms with E-state index in [9.17, 15) is 15.2 Å². The SMILES string of the molecule is C[C@@H](O)c1ccc([N+](=O)[O-])cc1Br. The minimum atomic E-state index is -0.629. The van der Waals surface area contributed by atoms with Crippen LogP contribution in [0.1, 0.15) is 18.6 Å². The number of rotatable bonds is 2. The Morgan fingerprint density at radius 1 is 1.62 bits per heavy atom. The third-order valence-electron chi connectivity index (χ3n) is 1.64. The van der Waals surface area contributed by atoms with Crippen molar-refractivity contribution in [2.24, 2.45) is 0 Å². The number of nitro groups is 1. The fraction of sp³-hybridized carbons (Fsp3) is 0.250. The lowest BCUT2D eigenvalue weighted by Crippen LogP contribution is -1.94. The third kappa shape index (κ3) is 2.26. The van der Waals surface area contributed by atoms with E-state index >= 15 is 0 Å². The highest BCUT2D eigenvalue weighted by Gasteiger charge is 2.11. The average Bonchev–Trinajstić information content (AvgIpc) is 2.03. The van der Waals surface area contributed by atoms with Crippen LogP contribution in [0.15, 0.2) is 22.7 Å². The fourth-order valence-corrected chi connectivity index (χ4v) is 1.67. The lowest BCUT2D eigenvalue weighted by atomic mass is 10.1. The summed E-state index contributed by atoms with van der Waals surface area (Å²) in [7, 11) is 0. The highest BCUT2D eigenvalue weighted by Crippen LogP contribution is 2.27. The van der Waals surface area contributed by atoms with Crippen LogP contribution in [-0.4, -0.2) is 10.0 Å². The van der Waals surface area contributed by atoms with Crippen LogP contribution in [0.2, 0.25) is 0 Å². The van der Waals surface area contributed by atoms with Crippen LogP contribution < -0.4 is 0 Å². The first kappa shape index (κ1) is 10.1. The van der Waals surface area contributed by atoms with Gasteiger partial charge in [0, 0.05) is 16.6 Å². The van der Waals surface area contributed by atoms with Gasteiger partial charge in [0.15, 0.2) is 0 Å². The summed E-state index contributed by atoms with van der Waals surface area (Å²) in [5.41, 5.74) is 0.655. The number of hydrogen-bond donors (Lipinski definition) is 1. The topological polar surface area (TPSA) is 63.4 Å². The molecule has 0 aromatic heterocycles. The van der Waals surface area contributed by atoms with E-state index in [1.165, 1.54) is 18.2 Å². The van der Waals surface area contributed by atoms with Crippen molar-refractivity contribution in [1.82, 2.24) is 0 Å². The summed E-state index contributed by atoms with van der Waals surface area (Å²) < 4.78 is 0.553. The van der Waals surface area contributed by atoms with E-state index in [0.29, 0.717) is 10.0 Å². The van der Waals surface area contributed by atoms with Crippen LogP contribution in [0.3, 0.4) is 0 Å². The number of halogens is 1. The van der Waals surface area contributed by atoms with E-state index in [1.54, 1.807) is 6.92 Å². The summed E-state index contributed by atoms with van der Waals surface area (Å²) in [4.78, 5) is 9.88. The molecular weight excluding hydrogens is 238 g/mol. The van der Waals surface area contributed by atoms with Crippen molar-refractivity contribution >= 4 is 21.6 Å². The van der Waals surface area contributed by atoms with E-state index in [0.717, 1.165) is 0 Å². The molecule has 0 aliphatic carbocycles. The number of nitrogens with zero attached hydrogens (tertiary/aromatic N) is 1. The van der Waals surface area contributed by atoms with Gasteiger partial charge in [0.05, 0.1) is 11.0 Å². The van der Waals surface area contributed by atoms with Gasteiger partial charge in [-0.1, -0.05) is 15.9 Å². The summed E-state index contributed by atoms with van der Waals surface area (Å²) in [6.07, 6.45) is -0.629. The molecule has 13 heavy (non-hydrogen) atoms. The van der Waals surface area contributed by atoms with Crippen LogP contribution in [-0.2, 0) is 0 Å². The number of hydrogen-bond acceptors (Lipinski definition) is 3. The fourth-order valence-electron chi connectivity index (χ4n) is 0.968. The molecule has 0 amide bonds. The van der Waals surface area contributed by atoms with Crippen molar-refractivity contribution in [3.05, 3.63) is 38.3 Å². The Balaban J connectivity index is 3.13. The first-order valence-corrected chi connectivity index (χ1v) is 4.43. The summed E-state index contributed by atoms with van der Waals surface area (Å²) in [5, 5.41) is 19.6. The lowest BCUT2D eigenvalue weighted by Gasteiger charge is -2.06. The van der Waals surface area contributed by atoms with Crippen LogP contribution in [0.5, 0.6) is 0 Å². The van der Waals surface area contributed by atoms with E-state index < -0.39 is 11.0 Å². The van der Waals surface area contributed by atoms with Gasteiger partial charge >= 0.3 is 0 Å². The van der Waals surface area contributed by atoms with E-state index in [1.807, 2.05) is 0 Å². The smallest absolute Gasteiger partial charge is 0.270 e. The van der Waals surface area contributed by atoms with Crippen molar-refractivity contribution in [3.8, 4) is 0 Å². The van der Waals surface area contributed by atoms with Crippen LogP contribution >= 0.6 is 15.9 Å². The minimum absolute atomic E-state index is 0.0104. The second-order valence-corrected chi connectivity index (χ2v) is 3.49. The summed E-state index contributed by atoms with van der Waals surface area (Å²) in [5.74, 6) is 0. The van der Waals surface area contributed by atoms with Gasteiger partial charge in [-0.3, -0.25) is 10.1 Å². The number of benzene rings is 1. The molecule has 0 aliphatic heterocycles. The molecule has 0 saturated heterocycles. The Hall–Kier alpha value is -0.940. The quantitative estimate of drug-likeness (QED) is 0.643.